The van der Waals surface area contributed by atoms with E-state index in [1.54, 1.807) is 48.0 Å². The van der Waals surface area contributed by atoms with Crippen molar-refractivity contribution in [3.63, 3.8) is 0 Å². The summed E-state index contributed by atoms with van der Waals surface area (Å²) >= 11 is 6.94. The summed E-state index contributed by atoms with van der Waals surface area (Å²) in [5.74, 6) is -0.120. The standard InChI is InChI=1S/C21H21N3O2S2/c1-4-11-24-20(26)17-10-7-15(12-18(17)22-21(24)27)19(25)23(2)13-14-5-8-16(28-3)9-6-14/h4-10,12H,1,11,13H2,2-3H3,(H,22,27). The second kappa shape index (κ2) is 8.58. The van der Waals surface area contributed by atoms with Gasteiger partial charge in [-0.3, -0.25) is 14.2 Å². The van der Waals surface area contributed by atoms with Gasteiger partial charge in [0.1, 0.15) is 0 Å². The first-order valence-corrected chi connectivity index (χ1v) is 10.3. The second-order valence-electron chi connectivity index (χ2n) is 6.40. The molecule has 3 aromatic rings. The van der Waals surface area contributed by atoms with E-state index in [0.29, 0.717) is 34.3 Å². The largest absolute Gasteiger partial charge is 0.337 e. The van der Waals surface area contributed by atoms with Gasteiger partial charge in [0, 0.05) is 30.6 Å². The van der Waals surface area contributed by atoms with Crippen LogP contribution in [-0.4, -0.2) is 33.7 Å². The van der Waals surface area contributed by atoms with Crippen molar-refractivity contribution in [2.75, 3.05) is 13.3 Å². The van der Waals surface area contributed by atoms with Crippen molar-refractivity contribution in [1.82, 2.24) is 14.5 Å². The van der Waals surface area contributed by atoms with Crippen molar-refractivity contribution in [2.24, 2.45) is 0 Å². The van der Waals surface area contributed by atoms with Crippen LogP contribution in [0, 0.1) is 4.77 Å². The number of amides is 1. The molecule has 0 atom stereocenters. The van der Waals surface area contributed by atoms with Crippen LogP contribution in [0.1, 0.15) is 15.9 Å². The predicted molar refractivity (Wildman–Crippen MR) is 118 cm³/mol. The van der Waals surface area contributed by atoms with Crippen LogP contribution in [-0.2, 0) is 13.1 Å². The smallest absolute Gasteiger partial charge is 0.262 e. The fourth-order valence-electron chi connectivity index (χ4n) is 2.98. The molecule has 2 aromatic carbocycles. The van der Waals surface area contributed by atoms with E-state index in [9.17, 15) is 9.59 Å². The lowest BCUT2D eigenvalue weighted by atomic mass is 10.1. The van der Waals surface area contributed by atoms with Crippen molar-refractivity contribution in [2.45, 2.75) is 18.0 Å². The molecule has 144 valence electrons. The maximum absolute atomic E-state index is 12.8. The van der Waals surface area contributed by atoms with Crippen molar-refractivity contribution in [1.29, 1.82) is 0 Å². The summed E-state index contributed by atoms with van der Waals surface area (Å²) in [6.45, 7) is 4.49. The number of carbonyl (C=O) groups excluding carboxylic acids is 1. The lowest BCUT2D eigenvalue weighted by Crippen LogP contribution is -2.26. The molecule has 28 heavy (non-hydrogen) atoms. The molecule has 0 saturated carbocycles. The van der Waals surface area contributed by atoms with E-state index in [4.69, 9.17) is 12.2 Å². The van der Waals surface area contributed by atoms with E-state index < -0.39 is 0 Å². The number of thioether (sulfide) groups is 1. The molecule has 7 heteroatoms. The summed E-state index contributed by atoms with van der Waals surface area (Å²) < 4.78 is 1.75. The molecule has 0 aliphatic heterocycles. The van der Waals surface area contributed by atoms with Gasteiger partial charge in [-0.25, -0.2) is 0 Å². The molecule has 0 radical (unpaired) electrons. The quantitative estimate of drug-likeness (QED) is 0.374. The van der Waals surface area contributed by atoms with Crippen molar-refractivity contribution in [3.8, 4) is 0 Å². The lowest BCUT2D eigenvalue weighted by molar-refractivity contribution is 0.0785. The van der Waals surface area contributed by atoms with Gasteiger partial charge in [0.15, 0.2) is 4.77 Å². The highest BCUT2D eigenvalue weighted by Gasteiger charge is 2.14. The average Bonchev–Trinajstić information content (AvgIpc) is 2.70. The number of aromatic amines is 1. The molecule has 5 nitrogen and oxygen atoms in total. The maximum atomic E-state index is 12.8. The number of carbonyl (C=O) groups is 1. The van der Waals surface area contributed by atoms with E-state index in [-0.39, 0.29) is 11.5 Å². The van der Waals surface area contributed by atoms with Crippen LogP contribution in [0.5, 0.6) is 0 Å². The Hall–Kier alpha value is -2.64. The van der Waals surface area contributed by atoms with Crippen LogP contribution in [0.2, 0.25) is 0 Å². The molecule has 0 saturated heterocycles. The molecule has 0 aliphatic carbocycles. The zero-order valence-electron chi connectivity index (χ0n) is 15.8. The summed E-state index contributed by atoms with van der Waals surface area (Å²) in [7, 11) is 1.76. The third-order valence-corrected chi connectivity index (χ3v) is 5.53. The number of aromatic nitrogens is 2. The van der Waals surface area contributed by atoms with Gasteiger partial charge in [-0.15, -0.1) is 18.3 Å². The van der Waals surface area contributed by atoms with Gasteiger partial charge in [0.2, 0.25) is 0 Å². The summed E-state index contributed by atoms with van der Waals surface area (Å²) in [5, 5.41) is 0.488. The molecule has 0 bridgehead atoms. The number of fused-ring (bicyclic) bond motifs is 1. The SMILES string of the molecule is C=CCn1c(=S)[nH]c2cc(C(=O)N(C)Cc3ccc(SC)cc3)ccc2c1=O. The number of rotatable bonds is 6. The molecule has 1 N–H and O–H groups in total. The first-order chi connectivity index (χ1) is 13.4. The van der Waals surface area contributed by atoms with Crippen LogP contribution in [0.3, 0.4) is 0 Å². The fraction of sp³-hybridized carbons (Fsp3) is 0.190. The third kappa shape index (κ3) is 4.10. The Kier molecular flexibility index (Phi) is 6.16. The van der Waals surface area contributed by atoms with Gasteiger partial charge in [0.05, 0.1) is 10.9 Å². The van der Waals surface area contributed by atoms with Gasteiger partial charge in [-0.2, -0.15) is 0 Å². The highest BCUT2D eigenvalue weighted by molar-refractivity contribution is 7.98. The van der Waals surface area contributed by atoms with Crippen LogP contribution in [0.4, 0.5) is 0 Å². The zero-order chi connectivity index (χ0) is 20.3. The van der Waals surface area contributed by atoms with Gasteiger partial charge in [0.25, 0.3) is 11.5 Å². The molecule has 0 fully saturated rings. The Morgan fingerprint density at radius 1 is 1.29 bits per heavy atom. The van der Waals surface area contributed by atoms with E-state index in [2.05, 4.69) is 11.6 Å². The van der Waals surface area contributed by atoms with Gasteiger partial charge >= 0.3 is 0 Å². The summed E-state index contributed by atoms with van der Waals surface area (Å²) in [6.07, 6.45) is 3.65. The molecule has 0 aliphatic rings. The van der Waals surface area contributed by atoms with Crippen LogP contribution in [0.15, 0.2) is 64.8 Å². The molecule has 1 aromatic heterocycles. The van der Waals surface area contributed by atoms with Gasteiger partial charge in [-0.1, -0.05) is 18.2 Å². The van der Waals surface area contributed by atoms with E-state index in [0.717, 1.165) is 5.56 Å². The number of hydrogen-bond acceptors (Lipinski definition) is 4. The van der Waals surface area contributed by atoms with Crippen molar-refractivity contribution in [3.05, 3.63) is 81.4 Å². The molecule has 1 heterocycles. The average molecular weight is 412 g/mol. The normalized spacial score (nSPS) is 10.8. The Morgan fingerprint density at radius 2 is 2.00 bits per heavy atom. The van der Waals surface area contributed by atoms with E-state index in [1.807, 2.05) is 30.5 Å². The number of nitrogens with one attached hydrogen (secondary N) is 1. The molecule has 1 amide bonds. The van der Waals surface area contributed by atoms with Gasteiger partial charge in [-0.05, 0) is 54.4 Å². The topological polar surface area (TPSA) is 58.1 Å². The summed E-state index contributed by atoms with van der Waals surface area (Å²) in [6, 6.07) is 13.2. The highest BCUT2D eigenvalue weighted by Crippen LogP contribution is 2.17. The van der Waals surface area contributed by atoms with Crippen LogP contribution < -0.4 is 5.56 Å². The highest BCUT2D eigenvalue weighted by atomic mass is 32.2. The Bertz CT molecular complexity index is 1150. The predicted octanol–water partition coefficient (Wildman–Crippen LogP) is 4.24. The monoisotopic (exact) mass is 411 g/mol. The molecule has 0 spiro atoms. The Morgan fingerprint density at radius 3 is 2.64 bits per heavy atom. The Balaban J connectivity index is 1.88. The first kappa shape index (κ1) is 20.1. The van der Waals surface area contributed by atoms with Crippen LogP contribution >= 0.6 is 24.0 Å². The van der Waals surface area contributed by atoms with Gasteiger partial charge < -0.3 is 9.88 Å². The number of benzene rings is 2. The number of H-pyrrole nitrogens is 1. The lowest BCUT2D eigenvalue weighted by Gasteiger charge is -2.18. The minimum absolute atomic E-state index is 0.120. The fourth-order valence-corrected chi connectivity index (χ4v) is 3.66. The first-order valence-electron chi connectivity index (χ1n) is 8.70. The van der Waals surface area contributed by atoms with E-state index in [1.165, 1.54) is 9.46 Å². The Labute approximate surface area is 172 Å². The van der Waals surface area contributed by atoms with Crippen LogP contribution in [0.25, 0.3) is 10.9 Å². The number of nitrogens with zero attached hydrogens (tertiary/aromatic N) is 2. The summed E-state index contributed by atoms with van der Waals surface area (Å²) in [5.41, 5.74) is 1.92. The second-order valence-corrected chi connectivity index (χ2v) is 7.67. The summed E-state index contributed by atoms with van der Waals surface area (Å²) in [4.78, 5) is 31.3. The minimum Gasteiger partial charge on any atom is -0.337 e. The number of allylic oxidation sites excluding steroid dienone is 1. The minimum atomic E-state index is -0.195. The number of hydrogen-bond donors (Lipinski definition) is 1. The molecular formula is C21H21N3O2S2. The van der Waals surface area contributed by atoms with Crippen molar-refractivity contribution < 1.29 is 4.79 Å². The molecule has 3 rings (SSSR count). The molecule has 0 unspecified atom stereocenters. The van der Waals surface area contributed by atoms with Crippen molar-refractivity contribution >= 4 is 40.8 Å². The van der Waals surface area contributed by atoms with E-state index >= 15 is 0 Å². The zero-order valence-corrected chi connectivity index (χ0v) is 17.4. The molecular weight excluding hydrogens is 390 g/mol. The third-order valence-electron chi connectivity index (χ3n) is 4.47. The maximum Gasteiger partial charge on any atom is 0.262 e.